The summed E-state index contributed by atoms with van der Waals surface area (Å²) in [6.07, 6.45) is 0.760. The molecule has 3 rings (SSSR count). The predicted molar refractivity (Wildman–Crippen MR) is 52.6 cm³/mol. The molecule has 3 heteroatoms. The van der Waals surface area contributed by atoms with Crippen molar-refractivity contribution in [3.8, 4) is 0 Å². The first kappa shape index (κ1) is 7.85. The standard InChI is InChI=1S/C11H11NO2/c1-12-8-5-3-2-4-7(8)11(10(13)14)6-9(11)12/h2-5,9H,6H2,1H3,(H,13,14). The molecule has 2 unspecified atom stereocenters. The van der Waals surface area contributed by atoms with E-state index in [0.717, 1.165) is 17.7 Å². The maximum Gasteiger partial charge on any atom is 0.316 e. The number of anilines is 1. The number of hydrogen-bond donors (Lipinski definition) is 1. The second-order valence-electron chi connectivity index (χ2n) is 4.12. The summed E-state index contributed by atoms with van der Waals surface area (Å²) in [6.45, 7) is 0. The van der Waals surface area contributed by atoms with Gasteiger partial charge in [-0.1, -0.05) is 18.2 Å². The number of likely N-dealkylation sites (N-methyl/N-ethyl adjacent to an activating group) is 1. The molecule has 0 aromatic heterocycles. The van der Waals surface area contributed by atoms with Gasteiger partial charge in [-0.2, -0.15) is 0 Å². The van der Waals surface area contributed by atoms with Crippen molar-refractivity contribution in [1.82, 2.24) is 0 Å². The quantitative estimate of drug-likeness (QED) is 0.722. The fourth-order valence-corrected chi connectivity index (χ4v) is 2.67. The molecule has 1 fully saturated rings. The van der Waals surface area contributed by atoms with E-state index in [1.807, 2.05) is 31.3 Å². The zero-order chi connectivity index (χ0) is 9.92. The molecular weight excluding hydrogens is 178 g/mol. The van der Waals surface area contributed by atoms with E-state index in [1.54, 1.807) is 0 Å². The molecule has 0 saturated heterocycles. The highest BCUT2D eigenvalue weighted by atomic mass is 16.4. The van der Waals surface area contributed by atoms with Gasteiger partial charge in [-0.25, -0.2) is 0 Å². The number of hydrogen-bond acceptors (Lipinski definition) is 2. The van der Waals surface area contributed by atoms with E-state index < -0.39 is 11.4 Å². The SMILES string of the molecule is CN1c2ccccc2C2(C(=O)O)CC12. The Morgan fingerprint density at radius 3 is 3.00 bits per heavy atom. The van der Waals surface area contributed by atoms with Gasteiger partial charge >= 0.3 is 5.97 Å². The molecule has 0 bridgehead atoms. The summed E-state index contributed by atoms with van der Waals surface area (Å²) in [5.41, 5.74) is 1.47. The number of nitrogens with zero attached hydrogens (tertiary/aromatic N) is 1. The molecule has 2 aliphatic rings. The zero-order valence-electron chi connectivity index (χ0n) is 7.90. The molecule has 1 aliphatic heterocycles. The first-order valence-corrected chi connectivity index (χ1v) is 4.73. The van der Waals surface area contributed by atoms with Crippen LogP contribution in [0.1, 0.15) is 12.0 Å². The second-order valence-corrected chi connectivity index (χ2v) is 4.12. The van der Waals surface area contributed by atoms with Gasteiger partial charge in [0.1, 0.15) is 5.41 Å². The molecule has 1 N–H and O–H groups in total. The summed E-state index contributed by atoms with van der Waals surface area (Å²) >= 11 is 0. The maximum absolute atomic E-state index is 11.2. The lowest BCUT2D eigenvalue weighted by Crippen LogP contribution is -2.24. The van der Waals surface area contributed by atoms with Gasteiger partial charge in [-0.05, 0) is 18.1 Å². The third-order valence-corrected chi connectivity index (χ3v) is 3.54. The van der Waals surface area contributed by atoms with Gasteiger partial charge in [-0.15, -0.1) is 0 Å². The van der Waals surface area contributed by atoms with Crippen molar-refractivity contribution >= 4 is 11.7 Å². The normalized spacial score (nSPS) is 32.4. The summed E-state index contributed by atoms with van der Waals surface area (Å²) in [4.78, 5) is 13.3. The van der Waals surface area contributed by atoms with E-state index in [4.69, 9.17) is 0 Å². The van der Waals surface area contributed by atoms with Crippen molar-refractivity contribution in [2.75, 3.05) is 11.9 Å². The van der Waals surface area contributed by atoms with Crippen molar-refractivity contribution < 1.29 is 9.90 Å². The predicted octanol–water partition coefficient (Wildman–Crippen LogP) is 1.23. The fourth-order valence-electron chi connectivity index (χ4n) is 2.67. The maximum atomic E-state index is 11.2. The zero-order valence-corrected chi connectivity index (χ0v) is 7.90. The summed E-state index contributed by atoms with van der Waals surface area (Å²) in [6, 6.07) is 7.98. The minimum absolute atomic E-state index is 0.178. The summed E-state index contributed by atoms with van der Waals surface area (Å²) in [7, 11) is 1.97. The van der Waals surface area contributed by atoms with Crippen LogP contribution in [-0.2, 0) is 10.2 Å². The number of carboxylic acid groups (broad SMARTS) is 1. The van der Waals surface area contributed by atoms with E-state index in [0.29, 0.717) is 0 Å². The lowest BCUT2D eigenvalue weighted by Gasteiger charge is -2.14. The number of para-hydroxylation sites is 1. The van der Waals surface area contributed by atoms with Gasteiger partial charge in [0.15, 0.2) is 0 Å². The van der Waals surface area contributed by atoms with Gasteiger partial charge < -0.3 is 10.0 Å². The molecule has 3 nitrogen and oxygen atoms in total. The third-order valence-electron chi connectivity index (χ3n) is 3.54. The molecule has 1 heterocycles. The molecule has 0 spiro atoms. The van der Waals surface area contributed by atoms with Crippen LogP contribution in [0.5, 0.6) is 0 Å². The van der Waals surface area contributed by atoms with Gasteiger partial charge in [0.2, 0.25) is 0 Å². The van der Waals surface area contributed by atoms with Crippen LogP contribution in [0.25, 0.3) is 0 Å². The first-order chi connectivity index (χ1) is 6.68. The second kappa shape index (κ2) is 2.11. The topological polar surface area (TPSA) is 40.5 Å². The average molecular weight is 189 g/mol. The molecule has 1 saturated carbocycles. The smallest absolute Gasteiger partial charge is 0.316 e. The summed E-state index contributed by atoms with van der Waals surface area (Å²) < 4.78 is 0. The van der Waals surface area contributed by atoms with Crippen LogP contribution >= 0.6 is 0 Å². The third kappa shape index (κ3) is 0.638. The van der Waals surface area contributed by atoms with Crippen LogP contribution in [0.15, 0.2) is 24.3 Å². The molecule has 0 radical (unpaired) electrons. The Labute approximate surface area is 82.0 Å². The van der Waals surface area contributed by atoms with Crippen LogP contribution in [0.4, 0.5) is 5.69 Å². The number of fused-ring (bicyclic) bond motifs is 3. The van der Waals surface area contributed by atoms with Crippen molar-refractivity contribution in [3.05, 3.63) is 29.8 Å². The van der Waals surface area contributed by atoms with Gasteiger partial charge in [0.25, 0.3) is 0 Å². The van der Waals surface area contributed by atoms with Gasteiger partial charge in [0, 0.05) is 12.7 Å². The van der Waals surface area contributed by atoms with Crippen LogP contribution in [0, 0.1) is 0 Å². The first-order valence-electron chi connectivity index (χ1n) is 4.73. The van der Waals surface area contributed by atoms with Crippen molar-refractivity contribution in [2.24, 2.45) is 0 Å². The monoisotopic (exact) mass is 189 g/mol. The average Bonchev–Trinajstić information content (AvgIpc) is 2.88. The largest absolute Gasteiger partial charge is 0.481 e. The number of carboxylic acids is 1. The van der Waals surface area contributed by atoms with E-state index in [9.17, 15) is 9.90 Å². The van der Waals surface area contributed by atoms with Crippen LogP contribution in [0.2, 0.25) is 0 Å². The molecule has 2 atom stereocenters. The van der Waals surface area contributed by atoms with Crippen LogP contribution < -0.4 is 4.90 Å². The van der Waals surface area contributed by atoms with E-state index >= 15 is 0 Å². The highest BCUT2D eigenvalue weighted by Crippen LogP contribution is 2.60. The van der Waals surface area contributed by atoms with E-state index in [-0.39, 0.29) is 6.04 Å². The molecular formula is C11H11NO2. The lowest BCUT2D eigenvalue weighted by atomic mass is 9.96. The highest BCUT2D eigenvalue weighted by molar-refractivity contribution is 5.94. The number of benzene rings is 1. The minimum Gasteiger partial charge on any atom is -0.481 e. The Kier molecular flexibility index (Phi) is 1.18. The Morgan fingerprint density at radius 2 is 2.29 bits per heavy atom. The Bertz CT molecular complexity index is 429. The van der Waals surface area contributed by atoms with E-state index in [2.05, 4.69) is 4.90 Å². The van der Waals surface area contributed by atoms with Crippen molar-refractivity contribution in [2.45, 2.75) is 17.9 Å². The van der Waals surface area contributed by atoms with Crippen molar-refractivity contribution in [3.63, 3.8) is 0 Å². The van der Waals surface area contributed by atoms with E-state index in [1.165, 1.54) is 0 Å². The highest BCUT2D eigenvalue weighted by Gasteiger charge is 2.68. The summed E-state index contributed by atoms with van der Waals surface area (Å²) in [5, 5.41) is 9.25. The summed E-state index contributed by atoms with van der Waals surface area (Å²) in [5.74, 6) is -0.681. The number of carbonyl (C=O) groups is 1. The molecule has 1 aromatic rings. The van der Waals surface area contributed by atoms with Crippen LogP contribution in [-0.4, -0.2) is 24.2 Å². The van der Waals surface area contributed by atoms with Crippen LogP contribution in [0.3, 0.4) is 0 Å². The van der Waals surface area contributed by atoms with Gasteiger partial charge in [0.05, 0.1) is 6.04 Å². The molecule has 1 aliphatic carbocycles. The molecule has 14 heavy (non-hydrogen) atoms. The minimum atomic E-state index is -0.681. The number of aliphatic carboxylic acids is 1. The lowest BCUT2D eigenvalue weighted by molar-refractivity contribution is -0.140. The Hall–Kier alpha value is -1.51. The Balaban J connectivity index is 2.22. The molecule has 72 valence electrons. The Morgan fingerprint density at radius 1 is 1.57 bits per heavy atom. The molecule has 0 amide bonds. The fraction of sp³-hybridized carbons (Fsp3) is 0.364. The molecule has 1 aromatic carbocycles. The van der Waals surface area contributed by atoms with Gasteiger partial charge in [-0.3, -0.25) is 4.79 Å². The number of rotatable bonds is 1. The van der Waals surface area contributed by atoms with Crippen molar-refractivity contribution in [1.29, 1.82) is 0 Å².